The molecule has 406 valence electrons. The smallest absolute Gasteiger partial charge is 0.306 e. The van der Waals surface area contributed by atoms with Crippen molar-refractivity contribution in [2.75, 3.05) is 13.2 Å². The lowest BCUT2D eigenvalue weighted by atomic mass is 10.1. The molecule has 0 spiro atoms. The summed E-state index contributed by atoms with van der Waals surface area (Å²) in [7, 11) is 0. The molecule has 0 aliphatic carbocycles. The predicted molar refractivity (Wildman–Crippen MR) is 307 cm³/mol. The number of carbonyl (C=O) groups is 3. The Bertz CT molecular complexity index is 1410. The number of hydrogen-bond donors (Lipinski definition) is 0. The largest absolute Gasteiger partial charge is 0.462 e. The van der Waals surface area contributed by atoms with E-state index in [1.165, 1.54) is 96.3 Å². The second kappa shape index (κ2) is 58.9. The lowest BCUT2D eigenvalue weighted by Crippen LogP contribution is -2.30. The second-order valence-corrected chi connectivity index (χ2v) is 19.5. The molecule has 71 heavy (non-hydrogen) atoms. The third-order valence-corrected chi connectivity index (χ3v) is 12.5. The Morgan fingerprint density at radius 3 is 0.930 bits per heavy atom. The van der Waals surface area contributed by atoms with Gasteiger partial charge >= 0.3 is 17.9 Å². The minimum Gasteiger partial charge on any atom is -0.462 e. The van der Waals surface area contributed by atoms with Crippen LogP contribution in [0.25, 0.3) is 0 Å². The van der Waals surface area contributed by atoms with Crippen molar-refractivity contribution in [1.82, 2.24) is 0 Å². The highest BCUT2D eigenvalue weighted by atomic mass is 16.6. The van der Waals surface area contributed by atoms with Crippen molar-refractivity contribution in [3.63, 3.8) is 0 Å². The molecule has 1 atom stereocenters. The first kappa shape index (κ1) is 67.3. The molecule has 0 aromatic carbocycles. The highest BCUT2D eigenvalue weighted by Crippen LogP contribution is 2.15. The number of rotatable bonds is 53. The van der Waals surface area contributed by atoms with Crippen molar-refractivity contribution in [2.24, 2.45) is 0 Å². The molecule has 0 aromatic heterocycles. The first-order chi connectivity index (χ1) is 35.0. The summed E-state index contributed by atoms with van der Waals surface area (Å²) < 4.78 is 16.9. The maximum atomic E-state index is 12.9. The lowest BCUT2D eigenvalue weighted by Gasteiger charge is -2.18. The third kappa shape index (κ3) is 57.1. The molecule has 0 N–H and O–H groups in total. The molecule has 0 amide bonds. The minimum absolute atomic E-state index is 0.0921. The second-order valence-electron chi connectivity index (χ2n) is 19.5. The third-order valence-electron chi connectivity index (χ3n) is 12.5. The maximum absolute atomic E-state index is 12.9. The number of esters is 3. The molecule has 0 heterocycles. The van der Waals surface area contributed by atoms with Crippen LogP contribution < -0.4 is 0 Å². The van der Waals surface area contributed by atoms with Gasteiger partial charge in [0.05, 0.1) is 0 Å². The predicted octanol–water partition coefficient (Wildman–Crippen LogP) is 20.1. The Morgan fingerprint density at radius 1 is 0.296 bits per heavy atom. The zero-order chi connectivity index (χ0) is 51.4. The van der Waals surface area contributed by atoms with Crippen LogP contribution >= 0.6 is 0 Å². The van der Waals surface area contributed by atoms with E-state index in [0.717, 1.165) is 141 Å². The van der Waals surface area contributed by atoms with Gasteiger partial charge in [0.1, 0.15) is 13.2 Å². The molecule has 0 aliphatic rings. The molecule has 6 heteroatoms. The molecular weight excluding hydrogens is 877 g/mol. The van der Waals surface area contributed by atoms with E-state index in [1.54, 1.807) is 0 Å². The van der Waals surface area contributed by atoms with E-state index >= 15 is 0 Å². The summed E-state index contributed by atoms with van der Waals surface area (Å²) in [5.74, 6) is -0.921. The van der Waals surface area contributed by atoms with E-state index in [1.807, 2.05) is 0 Å². The SMILES string of the molecule is CC/C=C\C/C=C\C/C=C\C/C=C\C/C=C\CCCCCCCC(=O)OCC(COC(=O)CCCCCCC/C=C\C/C=C\CCC)OC(=O)CCCCCCCCCCC/C=C\CCCCCCCC. The average molecular weight is 988 g/mol. The molecule has 6 nitrogen and oxygen atoms in total. The summed E-state index contributed by atoms with van der Waals surface area (Å²) in [4.78, 5) is 38.2. The molecule has 0 aromatic rings. The van der Waals surface area contributed by atoms with Gasteiger partial charge in [0.25, 0.3) is 0 Å². The van der Waals surface area contributed by atoms with Gasteiger partial charge in [0.2, 0.25) is 0 Å². The number of ether oxygens (including phenoxy) is 3. The Hall–Kier alpha value is -3.67. The van der Waals surface area contributed by atoms with Crippen LogP contribution in [-0.4, -0.2) is 37.2 Å². The Labute approximate surface area is 438 Å². The zero-order valence-corrected chi connectivity index (χ0v) is 46.5. The van der Waals surface area contributed by atoms with Crippen LogP contribution in [0.3, 0.4) is 0 Å². The van der Waals surface area contributed by atoms with Gasteiger partial charge in [-0.15, -0.1) is 0 Å². The van der Waals surface area contributed by atoms with Crippen LogP contribution in [-0.2, 0) is 28.6 Å². The molecule has 0 aliphatic heterocycles. The van der Waals surface area contributed by atoms with E-state index in [0.29, 0.717) is 19.3 Å². The highest BCUT2D eigenvalue weighted by molar-refractivity contribution is 5.71. The molecule has 0 bridgehead atoms. The van der Waals surface area contributed by atoms with Crippen LogP contribution in [0.2, 0.25) is 0 Å². The fourth-order valence-electron chi connectivity index (χ4n) is 8.09. The minimum atomic E-state index is -0.794. The fourth-order valence-corrected chi connectivity index (χ4v) is 8.09. The normalized spacial score (nSPS) is 12.8. The summed E-state index contributed by atoms with van der Waals surface area (Å²) in [6, 6.07) is 0. The quantitative estimate of drug-likeness (QED) is 0.0261. The van der Waals surface area contributed by atoms with E-state index in [-0.39, 0.29) is 31.1 Å². The summed E-state index contributed by atoms with van der Waals surface area (Å²) in [6.45, 7) is 6.44. The van der Waals surface area contributed by atoms with Crippen LogP contribution in [0.4, 0.5) is 0 Å². The summed E-state index contributed by atoms with van der Waals surface area (Å²) in [5.41, 5.74) is 0. The van der Waals surface area contributed by atoms with Crippen molar-refractivity contribution in [3.8, 4) is 0 Å². The zero-order valence-electron chi connectivity index (χ0n) is 46.5. The molecule has 1 unspecified atom stereocenters. The Balaban J connectivity index is 4.41. The van der Waals surface area contributed by atoms with Crippen LogP contribution in [0.1, 0.15) is 278 Å². The van der Waals surface area contributed by atoms with Crippen molar-refractivity contribution in [1.29, 1.82) is 0 Å². The average Bonchev–Trinajstić information content (AvgIpc) is 3.37. The van der Waals surface area contributed by atoms with Crippen molar-refractivity contribution in [2.45, 2.75) is 284 Å². The molecular formula is C65H110O6. The standard InChI is InChI=1S/C65H110O6/c1-4-7-10-13-16-19-22-25-27-29-31-32-34-35-37-40-43-46-49-52-55-58-64(67)70-61-62(60-69-63(66)57-54-51-48-45-42-39-24-21-18-15-12-9-6-3)71-65(68)59-56-53-50-47-44-41-38-36-33-30-28-26-23-20-17-14-11-8-5-2/h7,10,12,15-16,19,21,24-28,31-32,35,37,62H,4-6,8-9,11,13-14,17-18,20,22-23,29-30,33-34,36,38-61H2,1-3H3/b10-7-,15-12-,19-16-,24-21-,27-25-,28-26-,32-31-,37-35-. The lowest BCUT2D eigenvalue weighted by molar-refractivity contribution is -0.167. The summed E-state index contributed by atoms with van der Waals surface area (Å²) >= 11 is 0. The first-order valence-corrected chi connectivity index (χ1v) is 29.7. The van der Waals surface area contributed by atoms with E-state index in [2.05, 4.69) is 118 Å². The van der Waals surface area contributed by atoms with Gasteiger partial charge in [-0.1, -0.05) is 240 Å². The van der Waals surface area contributed by atoms with Gasteiger partial charge in [-0.05, 0) is 116 Å². The van der Waals surface area contributed by atoms with E-state index in [4.69, 9.17) is 14.2 Å². The fraction of sp³-hybridized carbons (Fsp3) is 0.708. The number of unbranched alkanes of at least 4 members (excludes halogenated alkanes) is 26. The van der Waals surface area contributed by atoms with Crippen LogP contribution in [0, 0.1) is 0 Å². The van der Waals surface area contributed by atoms with E-state index in [9.17, 15) is 14.4 Å². The van der Waals surface area contributed by atoms with Crippen molar-refractivity contribution >= 4 is 17.9 Å². The maximum Gasteiger partial charge on any atom is 0.306 e. The van der Waals surface area contributed by atoms with E-state index < -0.39 is 6.10 Å². The van der Waals surface area contributed by atoms with Crippen LogP contribution in [0.5, 0.6) is 0 Å². The number of allylic oxidation sites excluding steroid dienone is 16. The van der Waals surface area contributed by atoms with Gasteiger partial charge in [-0.25, -0.2) is 0 Å². The van der Waals surface area contributed by atoms with Gasteiger partial charge in [0.15, 0.2) is 6.10 Å². The van der Waals surface area contributed by atoms with Crippen LogP contribution in [0.15, 0.2) is 97.2 Å². The molecule has 0 radical (unpaired) electrons. The number of carbonyl (C=O) groups excluding carboxylic acids is 3. The monoisotopic (exact) mass is 987 g/mol. The number of hydrogen-bond acceptors (Lipinski definition) is 6. The topological polar surface area (TPSA) is 78.9 Å². The van der Waals surface area contributed by atoms with Crippen molar-refractivity contribution < 1.29 is 28.6 Å². The van der Waals surface area contributed by atoms with Gasteiger partial charge in [0, 0.05) is 19.3 Å². The molecule has 0 saturated carbocycles. The van der Waals surface area contributed by atoms with Gasteiger partial charge in [-0.2, -0.15) is 0 Å². The Morgan fingerprint density at radius 2 is 0.577 bits per heavy atom. The molecule has 0 rings (SSSR count). The summed E-state index contributed by atoms with van der Waals surface area (Å²) in [5, 5.41) is 0. The first-order valence-electron chi connectivity index (χ1n) is 29.7. The Kier molecular flexibility index (Phi) is 55.9. The summed E-state index contributed by atoms with van der Waals surface area (Å²) in [6.07, 6.45) is 78.2. The van der Waals surface area contributed by atoms with Gasteiger partial charge in [-0.3, -0.25) is 14.4 Å². The highest BCUT2D eigenvalue weighted by Gasteiger charge is 2.19. The van der Waals surface area contributed by atoms with Gasteiger partial charge < -0.3 is 14.2 Å². The van der Waals surface area contributed by atoms with Crippen molar-refractivity contribution in [3.05, 3.63) is 97.2 Å². The molecule has 0 saturated heterocycles. The molecule has 0 fully saturated rings.